The maximum Gasteiger partial charge on any atom is 0.293 e. The van der Waals surface area contributed by atoms with Gasteiger partial charge < -0.3 is 9.73 Å². The van der Waals surface area contributed by atoms with Gasteiger partial charge in [0.15, 0.2) is 10.9 Å². The van der Waals surface area contributed by atoms with E-state index >= 15 is 0 Å². The lowest BCUT2D eigenvalue weighted by Crippen LogP contribution is -2.12. The van der Waals surface area contributed by atoms with E-state index in [2.05, 4.69) is 31.5 Å². The third-order valence-corrected chi connectivity index (χ3v) is 5.36. The highest BCUT2D eigenvalue weighted by Crippen LogP contribution is 2.29. The normalized spacial score (nSPS) is 10.7. The van der Waals surface area contributed by atoms with Crippen molar-refractivity contribution in [3.8, 4) is 0 Å². The molecule has 4 rings (SSSR count). The van der Waals surface area contributed by atoms with Gasteiger partial charge in [0.2, 0.25) is 0 Å². The van der Waals surface area contributed by atoms with Crippen LogP contribution in [0.3, 0.4) is 0 Å². The molecule has 2 heterocycles. The fraction of sp³-hybridized carbons (Fsp3) is 0. The Labute approximate surface area is 166 Å². The number of benzene rings is 2. The number of hydrogen-bond acceptors (Lipinski definition) is 5. The molecule has 4 aromatic rings. The number of halogens is 1. The summed E-state index contributed by atoms with van der Waals surface area (Å²) in [5.74, 6) is -0.352. The number of anilines is 2. The number of furan rings is 1. The molecule has 0 spiro atoms. The first-order chi connectivity index (χ1) is 13.1. The van der Waals surface area contributed by atoms with Crippen LogP contribution in [-0.4, -0.2) is 16.8 Å². The Morgan fingerprint density at radius 1 is 1.00 bits per heavy atom. The third-order valence-electron chi connectivity index (χ3n) is 3.73. The van der Waals surface area contributed by atoms with E-state index in [1.807, 2.05) is 18.2 Å². The molecule has 2 N–H and O–H groups in total. The summed E-state index contributed by atoms with van der Waals surface area (Å²) in [4.78, 5) is 28.9. The number of carbonyl (C=O) groups excluding carboxylic acids is 2. The Hall–Kier alpha value is -2.97. The van der Waals surface area contributed by atoms with Gasteiger partial charge in [-0.1, -0.05) is 23.5 Å². The summed E-state index contributed by atoms with van der Waals surface area (Å²) < 4.78 is 6.64. The molecule has 0 saturated carbocycles. The lowest BCUT2D eigenvalue weighted by Gasteiger charge is -2.06. The summed E-state index contributed by atoms with van der Waals surface area (Å²) in [5.41, 5.74) is 1.93. The van der Waals surface area contributed by atoms with E-state index in [1.54, 1.807) is 36.4 Å². The average molecular weight is 442 g/mol. The highest BCUT2D eigenvalue weighted by atomic mass is 79.9. The van der Waals surface area contributed by atoms with Gasteiger partial charge in [0.05, 0.1) is 22.0 Å². The molecular weight excluding hydrogens is 430 g/mol. The zero-order valence-electron chi connectivity index (χ0n) is 13.7. The number of aromatic nitrogens is 1. The molecule has 0 radical (unpaired) electrons. The van der Waals surface area contributed by atoms with Crippen LogP contribution in [0.5, 0.6) is 0 Å². The van der Waals surface area contributed by atoms with Crippen LogP contribution >= 0.6 is 27.3 Å². The predicted octanol–water partition coefficient (Wildman–Crippen LogP) is 5.16. The standard InChI is InChI=1S/C19H12BrN3O3S/c20-13-5-2-1-4-12(13)17(24)21-11-7-8-14-16(10-11)27-19(22-14)23-18(25)15-6-3-9-26-15/h1-10H,(H,21,24)(H,22,23,25). The summed E-state index contributed by atoms with van der Waals surface area (Å²) in [6.45, 7) is 0. The zero-order chi connectivity index (χ0) is 18.8. The topological polar surface area (TPSA) is 84.2 Å². The fourth-order valence-electron chi connectivity index (χ4n) is 2.47. The third kappa shape index (κ3) is 3.76. The molecule has 8 heteroatoms. The van der Waals surface area contributed by atoms with Gasteiger partial charge in [0, 0.05) is 10.2 Å². The van der Waals surface area contributed by atoms with Crippen LogP contribution in [-0.2, 0) is 0 Å². The van der Waals surface area contributed by atoms with Crippen molar-refractivity contribution in [2.24, 2.45) is 0 Å². The number of fused-ring (bicyclic) bond motifs is 1. The highest BCUT2D eigenvalue weighted by Gasteiger charge is 2.13. The first kappa shape index (κ1) is 17.4. The molecule has 6 nitrogen and oxygen atoms in total. The van der Waals surface area contributed by atoms with Crippen LogP contribution in [0.2, 0.25) is 0 Å². The van der Waals surface area contributed by atoms with E-state index in [9.17, 15) is 9.59 Å². The van der Waals surface area contributed by atoms with Gasteiger partial charge in [-0.2, -0.15) is 0 Å². The Kier molecular flexibility index (Phi) is 4.74. The molecule has 0 fully saturated rings. The summed E-state index contributed by atoms with van der Waals surface area (Å²) in [6, 6.07) is 15.8. The lowest BCUT2D eigenvalue weighted by atomic mass is 10.2. The summed E-state index contributed by atoms with van der Waals surface area (Å²) in [6.07, 6.45) is 1.44. The second-order valence-corrected chi connectivity index (χ2v) is 7.45. The molecule has 0 aliphatic carbocycles. The molecule has 0 aliphatic heterocycles. The average Bonchev–Trinajstić information content (AvgIpc) is 3.31. The van der Waals surface area contributed by atoms with Gasteiger partial charge in [0.25, 0.3) is 11.8 Å². The summed E-state index contributed by atoms with van der Waals surface area (Å²) >= 11 is 4.69. The highest BCUT2D eigenvalue weighted by molar-refractivity contribution is 9.10. The number of nitrogens with one attached hydrogen (secondary N) is 2. The van der Waals surface area contributed by atoms with Crippen molar-refractivity contribution >= 4 is 60.1 Å². The minimum absolute atomic E-state index is 0.210. The monoisotopic (exact) mass is 441 g/mol. The second-order valence-electron chi connectivity index (χ2n) is 5.57. The number of nitrogens with zero attached hydrogens (tertiary/aromatic N) is 1. The molecule has 0 saturated heterocycles. The van der Waals surface area contributed by atoms with E-state index in [-0.39, 0.29) is 17.6 Å². The van der Waals surface area contributed by atoms with Crippen molar-refractivity contribution in [3.63, 3.8) is 0 Å². The van der Waals surface area contributed by atoms with Gasteiger partial charge in [-0.3, -0.25) is 14.9 Å². The van der Waals surface area contributed by atoms with Gasteiger partial charge in [-0.15, -0.1) is 0 Å². The summed E-state index contributed by atoms with van der Waals surface area (Å²) in [5, 5.41) is 6.04. The summed E-state index contributed by atoms with van der Waals surface area (Å²) in [7, 11) is 0. The zero-order valence-corrected chi connectivity index (χ0v) is 16.1. The maximum atomic E-state index is 12.4. The molecule has 0 aliphatic rings. The number of rotatable bonds is 4. The lowest BCUT2D eigenvalue weighted by molar-refractivity contribution is 0.0994. The van der Waals surface area contributed by atoms with Crippen LogP contribution in [0.1, 0.15) is 20.9 Å². The molecule has 2 aromatic heterocycles. The van der Waals surface area contributed by atoms with Gasteiger partial charge >= 0.3 is 0 Å². The molecule has 0 atom stereocenters. The minimum Gasteiger partial charge on any atom is -0.459 e. The van der Waals surface area contributed by atoms with E-state index in [0.717, 1.165) is 14.7 Å². The molecule has 0 unspecified atom stereocenters. The van der Waals surface area contributed by atoms with Crippen molar-refractivity contribution in [1.29, 1.82) is 0 Å². The maximum absolute atomic E-state index is 12.4. The molecule has 2 aromatic carbocycles. The van der Waals surface area contributed by atoms with E-state index in [1.165, 1.54) is 17.6 Å². The van der Waals surface area contributed by atoms with E-state index < -0.39 is 0 Å². The molecule has 0 bridgehead atoms. The first-order valence-electron chi connectivity index (χ1n) is 7.91. The van der Waals surface area contributed by atoms with Crippen molar-refractivity contribution in [3.05, 3.63) is 76.7 Å². The number of amides is 2. The largest absolute Gasteiger partial charge is 0.459 e. The Morgan fingerprint density at radius 2 is 1.85 bits per heavy atom. The molecule has 2 amide bonds. The predicted molar refractivity (Wildman–Crippen MR) is 108 cm³/mol. The smallest absolute Gasteiger partial charge is 0.293 e. The van der Waals surface area contributed by atoms with Crippen molar-refractivity contribution < 1.29 is 14.0 Å². The number of thiazole rings is 1. The van der Waals surface area contributed by atoms with Crippen molar-refractivity contribution in [1.82, 2.24) is 4.98 Å². The van der Waals surface area contributed by atoms with Gasteiger partial charge in [0.1, 0.15) is 0 Å². The number of carbonyl (C=O) groups is 2. The van der Waals surface area contributed by atoms with Crippen LogP contribution in [0.25, 0.3) is 10.2 Å². The number of hydrogen-bond donors (Lipinski definition) is 2. The van der Waals surface area contributed by atoms with E-state index in [0.29, 0.717) is 16.4 Å². The molecular formula is C19H12BrN3O3S. The van der Waals surface area contributed by atoms with E-state index in [4.69, 9.17) is 4.42 Å². The van der Waals surface area contributed by atoms with Gasteiger partial charge in [-0.05, 0) is 58.4 Å². The van der Waals surface area contributed by atoms with Gasteiger partial charge in [-0.25, -0.2) is 4.98 Å². The Balaban J connectivity index is 1.53. The minimum atomic E-state index is -0.360. The van der Waals surface area contributed by atoms with Crippen LogP contribution in [0.15, 0.2) is 69.8 Å². The van der Waals surface area contributed by atoms with Crippen molar-refractivity contribution in [2.45, 2.75) is 0 Å². The fourth-order valence-corrected chi connectivity index (χ4v) is 3.83. The Bertz CT molecular complexity index is 1140. The molecule has 134 valence electrons. The van der Waals surface area contributed by atoms with Crippen LogP contribution < -0.4 is 10.6 Å². The quantitative estimate of drug-likeness (QED) is 0.458. The first-order valence-corrected chi connectivity index (χ1v) is 9.52. The van der Waals surface area contributed by atoms with Crippen molar-refractivity contribution in [2.75, 3.05) is 10.6 Å². The van der Waals surface area contributed by atoms with Crippen LogP contribution in [0, 0.1) is 0 Å². The second kappa shape index (κ2) is 7.34. The Morgan fingerprint density at radius 3 is 2.63 bits per heavy atom. The SMILES string of the molecule is O=C(Nc1nc2ccc(NC(=O)c3ccccc3Br)cc2s1)c1ccco1. The molecule has 27 heavy (non-hydrogen) atoms. The van der Waals surface area contributed by atoms with Crippen LogP contribution in [0.4, 0.5) is 10.8 Å².